The monoisotopic (exact) mass is 420 g/mol. The molecule has 0 amide bonds. The van der Waals surface area contributed by atoms with Crippen molar-refractivity contribution in [2.45, 2.75) is 0 Å². The molecule has 1 aromatic heterocycles. The van der Waals surface area contributed by atoms with Crippen molar-refractivity contribution in [2.24, 2.45) is 0 Å². The molecule has 6 nitrogen and oxygen atoms in total. The summed E-state index contributed by atoms with van der Waals surface area (Å²) in [4.78, 5) is 11.7. The molecule has 0 bridgehead atoms. The van der Waals surface area contributed by atoms with Gasteiger partial charge in [-0.1, -0.05) is 11.6 Å². The number of halogens is 1. The lowest BCUT2D eigenvalue weighted by Gasteiger charge is -2.07. The average Bonchev–Trinajstić information content (AvgIpc) is 3.22. The van der Waals surface area contributed by atoms with Crippen molar-refractivity contribution in [3.8, 4) is 34.2 Å². The second kappa shape index (κ2) is 8.31. The predicted molar refractivity (Wildman–Crippen MR) is 114 cm³/mol. The van der Waals surface area contributed by atoms with Gasteiger partial charge in [-0.25, -0.2) is 9.48 Å². The van der Waals surface area contributed by atoms with Crippen molar-refractivity contribution in [3.63, 3.8) is 0 Å². The zero-order valence-electron chi connectivity index (χ0n) is 15.9. The van der Waals surface area contributed by atoms with Gasteiger partial charge in [-0.05, 0) is 78.9 Å². The Morgan fingerprint density at radius 1 is 0.900 bits per heavy atom. The minimum Gasteiger partial charge on any atom is -0.497 e. The first-order chi connectivity index (χ1) is 14.5. The summed E-state index contributed by atoms with van der Waals surface area (Å²) in [7, 11) is 1.57. The number of carboxylic acid groups (broad SMARTS) is 1. The third-order valence-corrected chi connectivity index (χ3v) is 4.70. The SMILES string of the molecule is COc1ccc(-n2nc(-c3ccc(Oc4ccc(Cl)cc4)cc3)cc2C(=O)O)cc1. The van der Waals surface area contributed by atoms with E-state index in [1.807, 2.05) is 12.1 Å². The highest BCUT2D eigenvalue weighted by Crippen LogP contribution is 2.27. The molecule has 0 saturated carbocycles. The van der Waals surface area contributed by atoms with Crippen molar-refractivity contribution >= 4 is 17.6 Å². The molecule has 0 atom stereocenters. The molecule has 0 spiro atoms. The van der Waals surface area contributed by atoms with Crippen LogP contribution in [0.15, 0.2) is 78.9 Å². The van der Waals surface area contributed by atoms with Gasteiger partial charge < -0.3 is 14.6 Å². The Morgan fingerprint density at radius 2 is 1.47 bits per heavy atom. The number of benzene rings is 3. The van der Waals surface area contributed by atoms with Crippen LogP contribution in [0.1, 0.15) is 10.5 Å². The summed E-state index contributed by atoms with van der Waals surface area (Å²) in [6.07, 6.45) is 0. The Bertz CT molecular complexity index is 1170. The van der Waals surface area contributed by atoms with Gasteiger partial charge in [0.2, 0.25) is 0 Å². The van der Waals surface area contributed by atoms with Gasteiger partial charge in [-0.2, -0.15) is 5.10 Å². The number of nitrogens with zero attached hydrogens (tertiary/aromatic N) is 2. The third kappa shape index (κ3) is 4.14. The number of carbonyl (C=O) groups is 1. The number of carboxylic acids is 1. The molecule has 3 aromatic carbocycles. The highest BCUT2D eigenvalue weighted by Gasteiger charge is 2.17. The summed E-state index contributed by atoms with van der Waals surface area (Å²) >= 11 is 5.89. The molecule has 30 heavy (non-hydrogen) atoms. The van der Waals surface area contributed by atoms with E-state index >= 15 is 0 Å². The molecule has 0 unspecified atom stereocenters. The number of hydrogen-bond donors (Lipinski definition) is 1. The van der Waals surface area contributed by atoms with Crippen LogP contribution in [0.25, 0.3) is 16.9 Å². The maximum Gasteiger partial charge on any atom is 0.354 e. The number of ether oxygens (including phenoxy) is 2. The van der Waals surface area contributed by atoms with Crippen molar-refractivity contribution in [1.82, 2.24) is 9.78 Å². The molecule has 0 fully saturated rings. The Balaban J connectivity index is 1.61. The quantitative estimate of drug-likeness (QED) is 0.433. The van der Waals surface area contributed by atoms with E-state index in [9.17, 15) is 9.90 Å². The Kier molecular flexibility index (Phi) is 5.41. The van der Waals surface area contributed by atoms with Gasteiger partial charge in [0, 0.05) is 10.6 Å². The fourth-order valence-electron chi connectivity index (χ4n) is 2.93. The van der Waals surface area contributed by atoms with Crippen LogP contribution in [0.5, 0.6) is 17.2 Å². The molecular formula is C23H17ClN2O4. The molecule has 0 saturated heterocycles. The number of hydrogen-bond acceptors (Lipinski definition) is 4. The van der Waals surface area contributed by atoms with E-state index in [1.165, 1.54) is 4.68 Å². The van der Waals surface area contributed by atoms with Crippen molar-refractivity contribution < 1.29 is 19.4 Å². The smallest absolute Gasteiger partial charge is 0.354 e. The average molecular weight is 421 g/mol. The van der Waals surface area contributed by atoms with Gasteiger partial charge >= 0.3 is 5.97 Å². The van der Waals surface area contributed by atoms with Gasteiger partial charge in [-0.15, -0.1) is 0 Å². The van der Waals surface area contributed by atoms with Crippen LogP contribution in [-0.4, -0.2) is 28.0 Å². The molecular weight excluding hydrogens is 404 g/mol. The van der Waals surface area contributed by atoms with E-state index < -0.39 is 5.97 Å². The first-order valence-electron chi connectivity index (χ1n) is 9.05. The Hall–Kier alpha value is -3.77. The number of rotatable bonds is 6. The van der Waals surface area contributed by atoms with E-state index in [0.717, 1.165) is 5.56 Å². The summed E-state index contributed by atoms with van der Waals surface area (Å²) in [5.74, 6) is 0.935. The van der Waals surface area contributed by atoms with Gasteiger partial charge in [-0.3, -0.25) is 0 Å². The fourth-order valence-corrected chi connectivity index (χ4v) is 3.05. The van der Waals surface area contributed by atoms with Gasteiger partial charge in [0.25, 0.3) is 0 Å². The van der Waals surface area contributed by atoms with Crippen LogP contribution < -0.4 is 9.47 Å². The van der Waals surface area contributed by atoms with Crippen LogP contribution in [0.2, 0.25) is 5.02 Å². The van der Waals surface area contributed by atoms with Crippen LogP contribution >= 0.6 is 11.6 Å². The first kappa shape index (κ1) is 19.5. The topological polar surface area (TPSA) is 73.6 Å². The normalized spacial score (nSPS) is 10.6. The first-order valence-corrected chi connectivity index (χ1v) is 9.43. The van der Waals surface area contributed by atoms with Crippen molar-refractivity contribution in [3.05, 3.63) is 89.6 Å². The van der Waals surface area contributed by atoms with Crippen LogP contribution in [0.3, 0.4) is 0 Å². The molecule has 0 aliphatic carbocycles. The van der Waals surface area contributed by atoms with E-state index in [4.69, 9.17) is 21.1 Å². The fraction of sp³-hybridized carbons (Fsp3) is 0.0435. The van der Waals surface area contributed by atoms with E-state index in [0.29, 0.717) is 33.7 Å². The minimum atomic E-state index is -1.06. The number of methoxy groups -OCH3 is 1. The molecule has 4 aromatic rings. The second-order valence-corrected chi connectivity index (χ2v) is 6.85. The molecule has 1 heterocycles. The molecule has 0 aliphatic heterocycles. The van der Waals surface area contributed by atoms with E-state index in [1.54, 1.807) is 73.8 Å². The maximum absolute atomic E-state index is 11.7. The zero-order chi connectivity index (χ0) is 21.1. The summed E-state index contributed by atoms with van der Waals surface area (Å²) in [6.45, 7) is 0. The Morgan fingerprint density at radius 3 is 2.03 bits per heavy atom. The van der Waals surface area contributed by atoms with Crippen LogP contribution in [0.4, 0.5) is 0 Å². The second-order valence-electron chi connectivity index (χ2n) is 6.41. The number of aromatic carboxylic acids is 1. The van der Waals surface area contributed by atoms with E-state index in [-0.39, 0.29) is 5.69 Å². The predicted octanol–water partition coefficient (Wildman–Crippen LogP) is 5.69. The molecule has 4 rings (SSSR count). The van der Waals surface area contributed by atoms with Gasteiger partial charge in [0.1, 0.15) is 17.2 Å². The maximum atomic E-state index is 11.7. The minimum absolute atomic E-state index is 0.0663. The highest BCUT2D eigenvalue weighted by atomic mass is 35.5. The summed E-state index contributed by atoms with van der Waals surface area (Å²) in [5, 5.41) is 14.7. The lowest BCUT2D eigenvalue weighted by Crippen LogP contribution is -2.07. The summed E-state index contributed by atoms with van der Waals surface area (Å²) in [5.41, 5.74) is 2.01. The van der Waals surface area contributed by atoms with Crippen LogP contribution in [0, 0.1) is 0 Å². The van der Waals surface area contributed by atoms with Gasteiger partial charge in [0.15, 0.2) is 5.69 Å². The molecule has 1 N–H and O–H groups in total. The Labute approximate surface area is 177 Å². The van der Waals surface area contributed by atoms with Crippen molar-refractivity contribution in [1.29, 1.82) is 0 Å². The highest BCUT2D eigenvalue weighted by molar-refractivity contribution is 6.30. The third-order valence-electron chi connectivity index (χ3n) is 4.44. The molecule has 150 valence electrons. The summed E-state index contributed by atoms with van der Waals surface area (Å²) < 4.78 is 12.3. The molecule has 7 heteroatoms. The molecule has 0 aliphatic rings. The van der Waals surface area contributed by atoms with E-state index in [2.05, 4.69) is 5.10 Å². The lowest BCUT2D eigenvalue weighted by atomic mass is 10.1. The zero-order valence-corrected chi connectivity index (χ0v) is 16.7. The van der Waals surface area contributed by atoms with Gasteiger partial charge in [0.05, 0.1) is 18.5 Å². The number of aromatic nitrogens is 2. The summed E-state index contributed by atoms with van der Waals surface area (Å²) in [6, 6.07) is 22.9. The standard InChI is InChI=1S/C23H17ClN2O4/c1-29-18-12-6-17(7-13-18)26-22(23(27)28)14-21(25-26)15-2-8-19(9-3-15)30-20-10-4-16(24)5-11-20/h2-14H,1H3,(H,27,28). The van der Waals surface area contributed by atoms with Crippen molar-refractivity contribution in [2.75, 3.05) is 7.11 Å². The lowest BCUT2D eigenvalue weighted by molar-refractivity contribution is 0.0687. The molecule has 0 radical (unpaired) electrons. The van der Waals surface area contributed by atoms with Crippen LogP contribution in [-0.2, 0) is 0 Å². The largest absolute Gasteiger partial charge is 0.497 e.